The molecule has 0 aliphatic carbocycles. The second-order valence-corrected chi connectivity index (χ2v) is 6.49. The predicted octanol–water partition coefficient (Wildman–Crippen LogP) is 4.65. The van der Waals surface area contributed by atoms with Gasteiger partial charge >= 0.3 is 12.5 Å². The van der Waals surface area contributed by atoms with Gasteiger partial charge in [0.2, 0.25) is 0 Å². The number of esters is 1. The first-order chi connectivity index (χ1) is 13.9. The third-order valence-corrected chi connectivity index (χ3v) is 4.70. The minimum atomic E-state index is -2.72. The molecule has 0 aliphatic heterocycles. The van der Waals surface area contributed by atoms with Crippen LogP contribution >= 0.6 is 0 Å². The number of carbonyl (C=O) groups excluding carboxylic acids is 1. The van der Waals surface area contributed by atoms with Gasteiger partial charge in [0.25, 0.3) is 0 Å². The van der Waals surface area contributed by atoms with Gasteiger partial charge in [0, 0.05) is 28.6 Å². The minimum absolute atomic E-state index is 0.273. The standard InChI is InChI=1S/C20H18F2N4O3/c1-4-28-19(27)14-8-17(29-10-14)13-5-6-25-16(7-13)15(9-23-25)18-11(2)24-26(12(18)3)20(21)22/h5-10,20H,4H2,1-3H3. The maximum atomic E-state index is 13.2. The van der Waals surface area contributed by atoms with Crippen molar-refractivity contribution < 1.29 is 22.7 Å². The molecular weight excluding hydrogens is 382 g/mol. The molecule has 4 heterocycles. The van der Waals surface area contributed by atoms with Crippen molar-refractivity contribution in [2.75, 3.05) is 6.61 Å². The third kappa shape index (κ3) is 3.18. The van der Waals surface area contributed by atoms with Gasteiger partial charge in [0.15, 0.2) is 0 Å². The van der Waals surface area contributed by atoms with Crippen LogP contribution in [0.4, 0.5) is 8.78 Å². The van der Waals surface area contributed by atoms with Crippen molar-refractivity contribution in [3.8, 4) is 22.5 Å². The van der Waals surface area contributed by atoms with Crippen LogP contribution in [-0.4, -0.2) is 32.0 Å². The largest absolute Gasteiger partial charge is 0.463 e. The predicted molar refractivity (Wildman–Crippen MR) is 101 cm³/mol. The number of carbonyl (C=O) groups is 1. The van der Waals surface area contributed by atoms with Gasteiger partial charge in [-0.25, -0.2) is 14.0 Å². The van der Waals surface area contributed by atoms with Gasteiger partial charge in [-0.3, -0.25) is 0 Å². The molecule has 0 atom stereocenters. The van der Waals surface area contributed by atoms with Gasteiger partial charge in [0.1, 0.15) is 12.0 Å². The molecule has 9 heteroatoms. The highest BCUT2D eigenvalue weighted by molar-refractivity contribution is 5.91. The summed E-state index contributed by atoms with van der Waals surface area (Å²) in [5, 5.41) is 8.26. The van der Waals surface area contributed by atoms with Crippen molar-refractivity contribution in [1.82, 2.24) is 19.4 Å². The molecular formula is C20H18F2N4O3. The Kier molecular flexibility index (Phi) is 4.65. The number of aryl methyl sites for hydroxylation is 1. The monoisotopic (exact) mass is 400 g/mol. The molecule has 0 radical (unpaired) electrons. The van der Waals surface area contributed by atoms with Crippen LogP contribution in [0.3, 0.4) is 0 Å². The summed E-state index contributed by atoms with van der Waals surface area (Å²) >= 11 is 0. The van der Waals surface area contributed by atoms with Crippen molar-refractivity contribution in [2.45, 2.75) is 27.3 Å². The van der Waals surface area contributed by atoms with Gasteiger partial charge in [-0.1, -0.05) is 0 Å². The number of hydrogen-bond acceptors (Lipinski definition) is 5. The Hall–Kier alpha value is -3.49. The SMILES string of the molecule is CCOC(=O)c1coc(-c2ccn3ncc(-c4c(C)nn(C(F)F)c4C)c3c2)c1. The van der Waals surface area contributed by atoms with E-state index in [1.165, 1.54) is 6.26 Å². The summed E-state index contributed by atoms with van der Waals surface area (Å²) in [6.07, 6.45) is 4.71. The lowest BCUT2D eigenvalue weighted by molar-refractivity contribution is 0.0523. The first-order valence-electron chi connectivity index (χ1n) is 8.98. The van der Waals surface area contributed by atoms with Gasteiger partial charge in [-0.05, 0) is 39.0 Å². The summed E-state index contributed by atoms with van der Waals surface area (Å²) in [5.41, 5.74) is 3.89. The van der Waals surface area contributed by atoms with E-state index in [-0.39, 0.29) is 6.61 Å². The first kappa shape index (κ1) is 18.9. The topological polar surface area (TPSA) is 74.6 Å². The number of fused-ring (bicyclic) bond motifs is 1. The van der Waals surface area contributed by atoms with E-state index >= 15 is 0 Å². The highest BCUT2D eigenvalue weighted by atomic mass is 19.3. The van der Waals surface area contributed by atoms with Gasteiger partial charge in [-0.2, -0.15) is 19.0 Å². The number of rotatable bonds is 5. The summed E-state index contributed by atoms with van der Waals surface area (Å²) in [5.74, 6) is 0.0266. The molecule has 0 amide bonds. The Morgan fingerprint density at radius 1 is 1.31 bits per heavy atom. The second-order valence-electron chi connectivity index (χ2n) is 6.49. The molecule has 0 aromatic carbocycles. The smallest absolute Gasteiger partial charge is 0.341 e. The third-order valence-electron chi connectivity index (χ3n) is 4.70. The van der Waals surface area contributed by atoms with E-state index in [2.05, 4.69) is 10.2 Å². The molecule has 4 aromatic heterocycles. The number of furan rings is 1. The molecule has 29 heavy (non-hydrogen) atoms. The molecule has 0 bridgehead atoms. The van der Waals surface area contributed by atoms with E-state index in [1.54, 1.807) is 49.8 Å². The Morgan fingerprint density at radius 3 is 2.79 bits per heavy atom. The fraction of sp³-hybridized carbons (Fsp3) is 0.250. The molecule has 4 rings (SSSR count). The van der Waals surface area contributed by atoms with Crippen LogP contribution < -0.4 is 0 Å². The quantitative estimate of drug-likeness (QED) is 0.456. The number of hydrogen-bond donors (Lipinski definition) is 0. The summed E-state index contributed by atoms with van der Waals surface area (Å²) in [7, 11) is 0. The number of ether oxygens (including phenoxy) is 1. The number of pyridine rings is 1. The molecule has 0 saturated heterocycles. The van der Waals surface area contributed by atoms with E-state index in [0.717, 1.165) is 0 Å². The maximum Gasteiger partial charge on any atom is 0.341 e. The molecule has 4 aromatic rings. The highest BCUT2D eigenvalue weighted by Crippen LogP contribution is 2.34. The Bertz CT molecular complexity index is 1210. The fourth-order valence-corrected chi connectivity index (χ4v) is 3.38. The van der Waals surface area contributed by atoms with Crippen molar-refractivity contribution in [1.29, 1.82) is 0 Å². The number of nitrogens with zero attached hydrogens (tertiary/aromatic N) is 4. The lowest BCUT2D eigenvalue weighted by atomic mass is 10.0. The molecule has 0 aliphatic rings. The fourth-order valence-electron chi connectivity index (χ4n) is 3.38. The summed E-state index contributed by atoms with van der Waals surface area (Å²) in [4.78, 5) is 11.9. The van der Waals surface area contributed by atoms with Crippen molar-refractivity contribution >= 4 is 11.5 Å². The number of alkyl halides is 2. The average molecular weight is 400 g/mol. The first-order valence-corrected chi connectivity index (χ1v) is 8.98. The van der Waals surface area contributed by atoms with E-state index in [4.69, 9.17) is 9.15 Å². The van der Waals surface area contributed by atoms with Crippen LogP contribution in [0.1, 0.15) is 35.2 Å². The van der Waals surface area contributed by atoms with Crippen molar-refractivity contribution in [3.05, 3.63) is 53.8 Å². The van der Waals surface area contributed by atoms with Crippen LogP contribution in [0.25, 0.3) is 28.0 Å². The summed E-state index contributed by atoms with van der Waals surface area (Å²) in [6, 6.07) is 5.22. The summed E-state index contributed by atoms with van der Waals surface area (Å²) in [6.45, 7) is 2.58. The lowest BCUT2D eigenvalue weighted by Gasteiger charge is -2.04. The van der Waals surface area contributed by atoms with E-state index in [9.17, 15) is 13.6 Å². The highest BCUT2D eigenvalue weighted by Gasteiger charge is 2.21. The zero-order valence-corrected chi connectivity index (χ0v) is 16.0. The molecule has 150 valence electrons. The molecule has 0 saturated carbocycles. The van der Waals surface area contributed by atoms with E-state index in [0.29, 0.717) is 49.6 Å². The molecule has 0 N–H and O–H groups in total. The Labute approximate surface area is 164 Å². The average Bonchev–Trinajstić information content (AvgIpc) is 3.39. The van der Waals surface area contributed by atoms with Gasteiger partial charge in [0.05, 0.1) is 29.6 Å². The van der Waals surface area contributed by atoms with Crippen molar-refractivity contribution in [2.24, 2.45) is 0 Å². The minimum Gasteiger partial charge on any atom is -0.463 e. The number of halogens is 2. The normalized spacial score (nSPS) is 11.5. The lowest BCUT2D eigenvalue weighted by Crippen LogP contribution is -2.02. The molecule has 7 nitrogen and oxygen atoms in total. The molecule has 0 unspecified atom stereocenters. The van der Waals surface area contributed by atoms with E-state index in [1.807, 2.05) is 6.07 Å². The Morgan fingerprint density at radius 2 is 2.10 bits per heavy atom. The van der Waals surface area contributed by atoms with E-state index < -0.39 is 12.5 Å². The van der Waals surface area contributed by atoms with Crippen LogP contribution in [-0.2, 0) is 4.74 Å². The van der Waals surface area contributed by atoms with Gasteiger partial charge in [-0.15, -0.1) is 0 Å². The summed E-state index contributed by atoms with van der Waals surface area (Å²) < 4.78 is 39.3. The van der Waals surface area contributed by atoms with Crippen LogP contribution in [0.5, 0.6) is 0 Å². The maximum absolute atomic E-state index is 13.2. The van der Waals surface area contributed by atoms with Crippen LogP contribution in [0, 0.1) is 13.8 Å². The second kappa shape index (κ2) is 7.16. The van der Waals surface area contributed by atoms with Crippen LogP contribution in [0.15, 0.2) is 41.3 Å². The molecule has 0 spiro atoms. The van der Waals surface area contributed by atoms with Gasteiger partial charge < -0.3 is 9.15 Å². The van der Waals surface area contributed by atoms with Crippen LogP contribution in [0.2, 0.25) is 0 Å². The zero-order chi connectivity index (χ0) is 20.7. The Balaban J connectivity index is 1.80. The zero-order valence-electron chi connectivity index (χ0n) is 16.0. The number of aromatic nitrogens is 4. The van der Waals surface area contributed by atoms with Crippen molar-refractivity contribution in [3.63, 3.8) is 0 Å². The molecule has 0 fully saturated rings.